The van der Waals surface area contributed by atoms with E-state index < -0.39 is 39.7 Å². The molecule has 0 saturated carbocycles. The molecule has 2 nitrogen and oxygen atoms in total. The third kappa shape index (κ3) is 4.75. The molecule has 0 aromatic carbocycles. The molecule has 0 rings (SSSR count). The Kier molecular flexibility index (Phi) is 5.34. The minimum atomic E-state index is -5.69. The summed E-state index contributed by atoms with van der Waals surface area (Å²) in [5.41, 5.74) is -1.42. The predicted molar refractivity (Wildman–Crippen MR) is 65.3 cm³/mol. The molecule has 0 heterocycles. The van der Waals surface area contributed by atoms with Crippen molar-refractivity contribution >= 4 is 11.4 Å². The molecule has 0 aromatic heterocycles. The standard InChI is InChI=1S/C11H20F5NOS/c1-8(2,3)7(10(12,13)11(14,15)16)17-19(18)9(4,5)6/h7,17H,1-6H3. The summed E-state index contributed by atoms with van der Waals surface area (Å²) in [6.07, 6.45) is -5.69. The Morgan fingerprint density at radius 3 is 1.47 bits per heavy atom. The average molecular weight is 309 g/mol. The second kappa shape index (κ2) is 5.37. The van der Waals surface area contributed by atoms with Gasteiger partial charge in [0.1, 0.15) is 10.8 Å². The van der Waals surface area contributed by atoms with Crippen molar-refractivity contribution in [2.24, 2.45) is 5.41 Å². The van der Waals surface area contributed by atoms with Gasteiger partial charge in [0, 0.05) is 11.4 Å². The van der Waals surface area contributed by atoms with Gasteiger partial charge in [0.25, 0.3) is 0 Å². The highest BCUT2D eigenvalue weighted by Gasteiger charge is 2.66. The molecule has 1 N–H and O–H groups in total. The molecule has 0 aliphatic heterocycles. The maximum Gasteiger partial charge on any atom is 0.455 e. The van der Waals surface area contributed by atoms with Gasteiger partial charge in [-0.2, -0.15) is 22.0 Å². The highest BCUT2D eigenvalue weighted by Crippen LogP contribution is 2.44. The molecule has 0 aromatic rings. The summed E-state index contributed by atoms with van der Waals surface area (Å²) in [6.45, 7) is 8.18. The zero-order valence-electron chi connectivity index (χ0n) is 11.8. The first kappa shape index (κ1) is 18.9. The quantitative estimate of drug-likeness (QED) is 0.638. The summed E-state index contributed by atoms with van der Waals surface area (Å²) in [4.78, 5) is 0. The van der Waals surface area contributed by atoms with E-state index in [9.17, 15) is 26.5 Å². The Labute approximate surface area is 113 Å². The largest absolute Gasteiger partial charge is 0.598 e. The van der Waals surface area contributed by atoms with Crippen LogP contribution in [0, 0.1) is 5.41 Å². The predicted octanol–water partition coefficient (Wildman–Crippen LogP) is 3.65. The second-order valence-corrected chi connectivity index (χ2v) is 8.42. The van der Waals surface area contributed by atoms with Gasteiger partial charge >= 0.3 is 12.1 Å². The van der Waals surface area contributed by atoms with Crippen LogP contribution in [0.4, 0.5) is 22.0 Å². The summed E-state index contributed by atoms with van der Waals surface area (Å²) in [6, 6.07) is -2.28. The molecule has 0 amide bonds. The first-order chi connectivity index (χ1) is 8.01. The fourth-order valence-electron chi connectivity index (χ4n) is 1.24. The maximum atomic E-state index is 13.5. The SMILES string of the molecule is CC(C)(C)C(N[S+]([O-])C(C)(C)C)C(F)(F)C(F)(F)F. The van der Waals surface area contributed by atoms with Crippen LogP contribution in [0.5, 0.6) is 0 Å². The smallest absolute Gasteiger partial charge is 0.455 e. The van der Waals surface area contributed by atoms with Crippen molar-refractivity contribution < 1.29 is 26.5 Å². The lowest BCUT2D eigenvalue weighted by molar-refractivity contribution is -0.299. The molecular weight excluding hydrogens is 289 g/mol. The molecule has 8 heteroatoms. The third-order valence-corrected chi connectivity index (χ3v) is 3.95. The summed E-state index contributed by atoms with van der Waals surface area (Å²) < 4.78 is 77.3. The molecule has 0 bridgehead atoms. The third-order valence-electron chi connectivity index (χ3n) is 2.39. The van der Waals surface area contributed by atoms with Crippen LogP contribution in [0.25, 0.3) is 0 Å². The van der Waals surface area contributed by atoms with Crippen LogP contribution in [0.3, 0.4) is 0 Å². The highest BCUT2D eigenvalue weighted by atomic mass is 32.2. The van der Waals surface area contributed by atoms with Gasteiger partial charge in [-0.3, -0.25) is 0 Å². The Morgan fingerprint density at radius 2 is 1.26 bits per heavy atom. The number of hydrogen-bond acceptors (Lipinski definition) is 2. The van der Waals surface area contributed by atoms with E-state index in [0.29, 0.717) is 0 Å². The number of rotatable bonds is 3. The van der Waals surface area contributed by atoms with E-state index in [1.54, 1.807) is 0 Å². The Bertz CT molecular complexity index is 306. The van der Waals surface area contributed by atoms with Gasteiger partial charge in [-0.1, -0.05) is 20.8 Å². The molecule has 19 heavy (non-hydrogen) atoms. The Balaban J connectivity index is 5.40. The average Bonchev–Trinajstić information content (AvgIpc) is 2.07. The fourth-order valence-corrected chi connectivity index (χ4v) is 2.31. The van der Waals surface area contributed by atoms with E-state index in [2.05, 4.69) is 0 Å². The van der Waals surface area contributed by atoms with Crippen molar-refractivity contribution in [2.75, 3.05) is 0 Å². The molecule has 0 radical (unpaired) electrons. The summed E-state index contributed by atoms with van der Waals surface area (Å²) >= 11 is -2.03. The highest BCUT2D eigenvalue weighted by molar-refractivity contribution is 7.90. The Morgan fingerprint density at radius 1 is 0.895 bits per heavy atom. The number of nitrogens with one attached hydrogen (secondary N) is 1. The summed E-state index contributed by atoms with van der Waals surface area (Å²) in [5, 5.41) is 0. The lowest BCUT2D eigenvalue weighted by Crippen LogP contribution is -2.62. The maximum absolute atomic E-state index is 13.5. The van der Waals surface area contributed by atoms with E-state index in [0.717, 1.165) is 0 Å². The van der Waals surface area contributed by atoms with Gasteiger partial charge in [0.2, 0.25) is 0 Å². The van der Waals surface area contributed by atoms with Crippen LogP contribution in [0.15, 0.2) is 0 Å². The monoisotopic (exact) mass is 309 g/mol. The number of halogens is 5. The summed E-state index contributed by atoms with van der Waals surface area (Å²) in [7, 11) is 0. The van der Waals surface area contributed by atoms with Crippen LogP contribution >= 0.6 is 0 Å². The van der Waals surface area contributed by atoms with Gasteiger partial charge in [0.15, 0.2) is 0 Å². The first-order valence-corrected chi connectivity index (χ1v) is 6.79. The Hall–Kier alpha value is -0.0800. The van der Waals surface area contributed by atoms with E-state index in [-0.39, 0.29) is 0 Å². The molecule has 0 aliphatic rings. The lowest BCUT2D eigenvalue weighted by Gasteiger charge is -2.39. The van der Waals surface area contributed by atoms with Gasteiger partial charge in [-0.05, 0) is 26.2 Å². The van der Waals surface area contributed by atoms with Crippen molar-refractivity contribution in [3.8, 4) is 0 Å². The van der Waals surface area contributed by atoms with Gasteiger partial charge in [-0.25, -0.2) is 0 Å². The van der Waals surface area contributed by atoms with Crippen LogP contribution in [-0.4, -0.2) is 27.4 Å². The molecule has 116 valence electrons. The molecule has 0 saturated heterocycles. The minimum absolute atomic E-state index is 0.939. The van der Waals surface area contributed by atoms with Crippen molar-refractivity contribution in [3.05, 3.63) is 0 Å². The van der Waals surface area contributed by atoms with Crippen LogP contribution in [0.2, 0.25) is 0 Å². The van der Waals surface area contributed by atoms with Crippen LogP contribution in [-0.2, 0) is 11.4 Å². The van der Waals surface area contributed by atoms with Gasteiger partial charge in [-0.15, -0.1) is 4.72 Å². The molecule has 0 spiro atoms. The molecule has 2 unspecified atom stereocenters. The van der Waals surface area contributed by atoms with E-state index in [4.69, 9.17) is 0 Å². The number of alkyl halides is 5. The molecular formula is C11H20F5NOS. The topological polar surface area (TPSA) is 35.1 Å². The van der Waals surface area contributed by atoms with Gasteiger partial charge in [0.05, 0.1) is 0 Å². The summed E-state index contributed by atoms with van der Waals surface area (Å²) in [5.74, 6) is -4.97. The van der Waals surface area contributed by atoms with Crippen molar-refractivity contribution in [3.63, 3.8) is 0 Å². The van der Waals surface area contributed by atoms with E-state index >= 15 is 0 Å². The van der Waals surface area contributed by atoms with Gasteiger partial charge < -0.3 is 4.55 Å². The minimum Gasteiger partial charge on any atom is -0.598 e. The fraction of sp³-hybridized carbons (Fsp3) is 1.00. The normalized spacial score (nSPS) is 18.3. The zero-order valence-corrected chi connectivity index (χ0v) is 12.6. The van der Waals surface area contributed by atoms with Crippen molar-refractivity contribution in [1.82, 2.24) is 4.72 Å². The zero-order chi connectivity index (χ0) is 15.9. The number of hydrogen-bond donors (Lipinski definition) is 1. The second-order valence-electron chi connectivity index (χ2n) is 6.42. The van der Waals surface area contributed by atoms with E-state index in [1.165, 1.54) is 41.5 Å². The van der Waals surface area contributed by atoms with Crippen molar-refractivity contribution in [1.29, 1.82) is 0 Å². The molecule has 0 fully saturated rings. The van der Waals surface area contributed by atoms with Crippen LogP contribution < -0.4 is 4.72 Å². The van der Waals surface area contributed by atoms with Crippen LogP contribution in [0.1, 0.15) is 41.5 Å². The lowest BCUT2D eigenvalue weighted by atomic mass is 9.83. The molecule has 2 atom stereocenters. The van der Waals surface area contributed by atoms with E-state index in [1.807, 2.05) is 4.72 Å². The molecule has 0 aliphatic carbocycles. The van der Waals surface area contributed by atoms with Crippen molar-refractivity contribution in [2.45, 2.75) is 64.4 Å². The first-order valence-electron chi connectivity index (χ1n) is 5.64.